The predicted octanol–water partition coefficient (Wildman–Crippen LogP) is 4.73. The number of fused-ring (bicyclic) bond motifs is 1. The highest BCUT2D eigenvalue weighted by molar-refractivity contribution is 5.61. The number of alkyl halides is 1. The Balaban J connectivity index is 1.39. The van der Waals surface area contributed by atoms with Crippen molar-refractivity contribution < 1.29 is 18.3 Å². The molecule has 0 bridgehead atoms. The van der Waals surface area contributed by atoms with Gasteiger partial charge in [0.05, 0.1) is 38.2 Å². The molecular formula is C26H25F2N5O2. The second kappa shape index (κ2) is 8.88. The number of anilines is 1. The van der Waals surface area contributed by atoms with Crippen LogP contribution in [0.15, 0.2) is 54.9 Å². The van der Waals surface area contributed by atoms with Crippen LogP contribution < -0.4 is 9.64 Å². The van der Waals surface area contributed by atoms with E-state index in [0.29, 0.717) is 35.3 Å². The predicted molar refractivity (Wildman–Crippen MR) is 127 cm³/mol. The Labute approximate surface area is 201 Å². The maximum Gasteiger partial charge on any atom is 0.154 e. The molecule has 0 N–H and O–H groups in total. The average molecular weight is 478 g/mol. The van der Waals surface area contributed by atoms with E-state index in [1.165, 1.54) is 24.8 Å². The van der Waals surface area contributed by atoms with Crippen LogP contribution in [0.4, 0.5) is 14.6 Å². The first-order chi connectivity index (χ1) is 17.1. The molecule has 1 aromatic carbocycles. The topological polar surface area (TPSA) is 64.8 Å². The average Bonchev–Trinajstić information content (AvgIpc) is 3.63. The number of pyridine rings is 1. The molecule has 4 aromatic rings. The minimum absolute atomic E-state index is 0.155. The van der Waals surface area contributed by atoms with Gasteiger partial charge in [-0.1, -0.05) is 0 Å². The van der Waals surface area contributed by atoms with Crippen molar-refractivity contribution in [3.05, 3.63) is 71.8 Å². The molecule has 6 rings (SSSR count). The molecule has 0 radical (unpaired) electrons. The number of rotatable bonds is 5. The smallest absolute Gasteiger partial charge is 0.154 e. The highest BCUT2D eigenvalue weighted by Crippen LogP contribution is 2.41. The Morgan fingerprint density at radius 2 is 2.03 bits per heavy atom. The highest BCUT2D eigenvalue weighted by Gasteiger charge is 2.36. The number of nitrogens with zero attached hydrogens (tertiary/aromatic N) is 5. The number of hydrogen-bond acceptors (Lipinski definition) is 6. The Kier molecular flexibility index (Phi) is 5.56. The zero-order chi connectivity index (χ0) is 23.9. The monoisotopic (exact) mass is 477 g/mol. The molecule has 7 nitrogen and oxygen atoms in total. The maximum atomic E-state index is 14.7. The summed E-state index contributed by atoms with van der Waals surface area (Å²) >= 11 is 0. The van der Waals surface area contributed by atoms with Gasteiger partial charge in [0, 0.05) is 30.7 Å². The second-order valence-corrected chi connectivity index (χ2v) is 9.03. The van der Waals surface area contributed by atoms with E-state index in [2.05, 4.69) is 16.0 Å². The maximum absolute atomic E-state index is 14.7. The summed E-state index contributed by atoms with van der Waals surface area (Å²) in [6, 6.07) is 11.7. The SMILES string of the molecule is COc1ccc(F)cc1[C@H]1C[C@H](F)CN1c1ccc2ncc(-c3cc([C@@H]4CCOC4)ccn3)n2n1. The van der Waals surface area contributed by atoms with Crippen LogP contribution in [0, 0.1) is 5.82 Å². The quantitative estimate of drug-likeness (QED) is 0.414. The highest BCUT2D eigenvalue weighted by atomic mass is 19.1. The molecule has 2 fully saturated rings. The van der Waals surface area contributed by atoms with Gasteiger partial charge in [0.1, 0.15) is 29.3 Å². The third-order valence-electron chi connectivity index (χ3n) is 6.89. The van der Waals surface area contributed by atoms with Crippen LogP contribution in [-0.2, 0) is 4.74 Å². The molecule has 3 atom stereocenters. The van der Waals surface area contributed by atoms with Gasteiger partial charge < -0.3 is 14.4 Å². The number of halogens is 2. The lowest BCUT2D eigenvalue weighted by Crippen LogP contribution is -2.25. The van der Waals surface area contributed by atoms with Crippen LogP contribution in [0.1, 0.15) is 35.9 Å². The number of benzene rings is 1. The molecule has 2 aliphatic heterocycles. The van der Waals surface area contributed by atoms with Crippen LogP contribution in [0.2, 0.25) is 0 Å². The summed E-state index contributed by atoms with van der Waals surface area (Å²) in [7, 11) is 1.53. The van der Waals surface area contributed by atoms with Crippen LogP contribution in [0.5, 0.6) is 5.75 Å². The van der Waals surface area contributed by atoms with Crippen molar-refractivity contribution in [2.24, 2.45) is 0 Å². The molecule has 0 saturated carbocycles. The van der Waals surface area contributed by atoms with E-state index in [0.717, 1.165) is 24.4 Å². The molecular weight excluding hydrogens is 452 g/mol. The fourth-order valence-electron chi connectivity index (χ4n) is 5.13. The standard InChI is InChI=1S/C26H25F2N5O2/c1-34-24-3-2-18(27)11-20(24)22-12-19(28)14-32(22)26-5-4-25-30-13-23(33(25)31-26)21-10-16(6-8-29-21)17-7-9-35-15-17/h2-6,8,10-11,13,17,19,22H,7,9,12,14-15H2,1H3/t17-,19+,22-/m1/s1. The van der Waals surface area contributed by atoms with Crippen molar-refractivity contribution >= 4 is 11.5 Å². The van der Waals surface area contributed by atoms with Crippen LogP contribution in [0.25, 0.3) is 17.0 Å². The van der Waals surface area contributed by atoms with Crippen molar-refractivity contribution in [1.82, 2.24) is 19.6 Å². The third kappa shape index (κ3) is 3.99. The van der Waals surface area contributed by atoms with Crippen LogP contribution >= 0.6 is 0 Å². The lowest BCUT2D eigenvalue weighted by molar-refractivity contribution is 0.194. The van der Waals surface area contributed by atoms with Crippen LogP contribution in [-0.4, -0.2) is 52.6 Å². The number of methoxy groups -OCH3 is 1. The zero-order valence-corrected chi connectivity index (χ0v) is 19.3. The molecule has 2 saturated heterocycles. The van der Waals surface area contributed by atoms with Crippen molar-refractivity contribution in [3.8, 4) is 17.1 Å². The summed E-state index contributed by atoms with van der Waals surface area (Å²) < 4.78 is 41.5. The molecule has 3 aromatic heterocycles. The number of aromatic nitrogens is 4. The Bertz CT molecular complexity index is 1370. The van der Waals surface area contributed by atoms with E-state index >= 15 is 0 Å². The van der Waals surface area contributed by atoms with Gasteiger partial charge in [0.25, 0.3) is 0 Å². The van der Waals surface area contributed by atoms with Crippen molar-refractivity contribution in [2.75, 3.05) is 31.8 Å². The molecule has 35 heavy (non-hydrogen) atoms. The molecule has 0 amide bonds. The first kappa shape index (κ1) is 21.9. The molecule has 0 unspecified atom stereocenters. The second-order valence-electron chi connectivity index (χ2n) is 9.03. The number of ether oxygens (including phenoxy) is 2. The molecule has 2 aliphatic rings. The van der Waals surface area contributed by atoms with Crippen molar-refractivity contribution in [2.45, 2.75) is 31.0 Å². The Hall–Kier alpha value is -3.59. The van der Waals surface area contributed by atoms with Gasteiger partial charge in [0.2, 0.25) is 0 Å². The summed E-state index contributed by atoms with van der Waals surface area (Å²) in [5.74, 6) is 1.07. The number of imidazole rings is 1. The summed E-state index contributed by atoms with van der Waals surface area (Å²) in [5, 5.41) is 4.82. The third-order valence-corrected chi connectivity index (χ3v) is 6.89. The molecule has 0 spiro atoms. The van der Waals surface area contributed by atoms with E-state index in [4.69, 9.17) is 14.6 Å². The fraction of sp³-hybridized carbons (Fsp3) is 0.346. The molecule has 9 heteroatoms. The van der Waals surface area contributed by atoms with Gasteiger partial charge in [0.15, 0.2) is 5.65 Å². The van der Waals surface area contributed by atoms with E-state index in [1.807, 2.05) is 23.1 Å². The Morgan fingerprint density at radius 1 is 1.11 bits per heavy atom. The lowest BCUT2D eigenvalue weighted by atomic mass is 9.98. The summed E-state index contributed by atoms with van der Waals surface area (Å²) in [6.07, 6.45) is 3.69. The van der Waals surface area contributed by atoms with E-state index in [-0.39, 0.29) is 18.8 Å². The van der Waals surface area contributed by atoms with Gasteiger partial charge >= 0.3 is 0 Å². The molecule has 180 valence electrons. The van der Waals surface area contributed by atoms with Gasteiger partial charge in [-0.05, 0) is 54.4 Å². The summed E-state index contributed by atoms with van der Waals surface area (Å²) in [4.78, 5) is 10.9. The van der Waals surface area contributed by atoms with Gasteiger partial charge in [-0.25, -0.2) is 18.3 Å². The first-order valence-corrected chi connectivity index (χ1v) is 11.7. The largest absolute Gasteiger partial charge is 0.496 e. The van der Waals surface area contributed by atoms with Gasteiger partial charge in [-0.15, -0.1) is 5.10 Å². The zero-order valence-electron chi connectivity index (χ0n) is 19.3. The number of hydrogen-bond donors (Lipinski definition) is 0. The van der Waals surface area contributed by atoms with Crippen molar-refractivity contribution in [3.63, 3.8) is 0 Å². The lowest BCUT2D eigenvalue weighted by Gasteiger charge is -2.27. The van der Waals surface area contributed by atoms with E-state index in [9.17, 15) is 8.78 Å². The van der Waals surface area contributed by atoms with E-state index < -0.39 is 12.2 Å². The first-order valence-electron chi connectivity index (χ1n) is 11.7. The van der Waals surface area contributed by atoms with Gasteiger partial charge in [-0.3, -0.25) is 4.98 Å². The van der Waals surface area contributed by atoms with Gasteiger partial charge in [-0.2, -0.15) is 0 Å². The molecule has 5 heterocycles. The van der Waals surface area contributed by atoms with Crippen LogP contribution in [0.3, 0.4) is 0 Å². The Morgan fingerprint density at radius 3 is 2.86 bits per heavy atom. The van der Waals surface area contributed by atoms with Crippen molar-refractivity contribution in [1.29, 1.82) is 0 Å². The minimum atomic E-state index is -1.07. The molecule has 0 aliphatic carbocycles. The summed E-state index contributed by atoms with van der Waals surface area (Å²) in [5.41, 5.74) is 3.96. The normalized spacial score (nSPS) is 22.3. The summed E-state index contributed by atoms with van der Waals surface area (Å²) in [6.45, 7) is 1.64. The minimum Gasteiger partial charge on any atom is -0.496 e. The fourth-order valence-corrected chi connectivity index (χ4v) is 5.13. The van der Waals surface area contributed by atoms with E-state index in [1.54, 1.807) is 23.0 Å².